The normalized spacial score (nSPS) is 25.0. The summed E-state index contributed by atoms with van der Waals surface area (Å²) in [6.45, 7) is 3.70. The third-order valence-electron chi connectivity index (χ3n) is 4.08. The highest BCUT2D eigenvalue weighted by Crippen LogP contribution is 2.32. The Hall–Kier alpha value is -2.35. The van der Waals surface area contributed by atoms with E-state index >= 15 is 0 Å². The molecular weight excluding hydrogens is 332 g/mol. The van der Waals surface area contributed by atoms with Crippen molar-refractivity contribution in [1.29, 1.82) is 0 Å². The van der Waals surface area contributed by atoms with E-state index in [1.165, 1.54) is 0 Å². The molecule has 0 aromatic heterocycles. The number of carbonyl (C=O) groups is 2. The van der Waals surface area contributed by atoms with E-state index in [-0.39, 0.29) is 11.8 Å². The first-order chi connectivity index (χ1) is 11.3. The van der Waals surface area contributed by atoms with E-state index in [2.05, 4.69) is 5.32 Å². The first kappa shape index (κ1) is 16.5. The smallest absolute Gasteiger partial charge is 0.417 e. The zero-order valence-corrected chi connectivity index (χ0v) is 14.4. The minimum atomic E-state index is -0.796. The second-order valence-corrected chi connectivity index (χ2v) is 6.63. The number of nitrogens with zero attached hydrogens (tertiary/aromatic N) is 1. The molecule has 0 aliphatic carbocycles. The van der Waals surface area contributed by atoms with E-state index in [0.29, 0.717) is 5.75 Å². The van der Waals surface area contributed by atoms with Gasteiger partial charge in [0.05, 0.1) is 12.6 Å². The molecule has 2 amide bonds. The molecule has 2 aliphatic heterocycles. The van der Waals surface area contributed by atoms with Gasteiger partial charge in [-0.1, -0.05) is 12.1 Å². The van der Waals surface area contributed by atoms with Crippen molar-refractivity contribution in [3.8, 4) is 5.75 Å². The third kappa shape index (κ3) is 2.77. The SMILES string of the molecule is COc1ccc([C@@H]2OC(=S)N[C@H]2C(=O)N2C(=O)OCC2(C)C)cc1. The number of rotatable bonds is 3. The second-order valence-electron chi connectivity index (χ2n) is 6.26. The molecule has 7 nitrogen and oxygen atoms in total. The average molecular weight is 350 g/mol. The lowest BCUT2D eigenvalue weighted by atomic mass is 9.99. The fourth-order valence-electron chi connectivity index (χ4n) is 2.81. The van der Waals surface area contributed by atoms with Gasteiger partial charge in [-0.2, -0.15) is 0 Å². The van der Waals surface area contributed by atoms with Crippen LogP contribution in [0.4, 0.5) is 4.79 Å². The van der Waals surface area contributed by atoms with Gasteiger partial charge in [0.15, 0.2) is 12.1 Å². The molecule has 8 heteroatoms. The summed E-state index contributed by atoms with van der Waals surface area (Å²) in [4.78, 5) is 26.0. The molecule has 128 valence electrons. The molecule has 2 atom stereocenters. The average Bonchev–Trinajstić information content (AvgIpc) is 3.07. The van der Waals surface area contributed by atoms with Crippen LogP contribution in [0, 0.1) is 0 Å². The molecule has 2 fully saturated rings. The molecule has 2 saturated heterocycles. The number of cyclic esters (lactones) is 1. The van der Waals surface area contributed by atoms with Crippen LogP contribution in [0.25, 0.3) is 0 Å². The standard InChI is InChI=1S/C16H18N2O5S/c1-16(2)8-22-15(20)18(16)13(19)11-12(23-14(24)17-11)9-4-6-10(21-3)7-5-9/h4-7,11-12H,8H2,1-3H3,(H,17,24)/t11-,12+/m1/s1. The minimum absolute atomic E-state index is 0.125. The Morgan fingerprint density at radius 3 is 2.58 bits per heavy atom. The van der Waals surface area contributed by atoms with Crippen LogP contribution in [0.1, 0.15) is 25.5 Å². The number of carbonyl (C=O) groups excluding carboxylic acids is 2. The van der Waals surface area contributed by atoms with Crippen LogP contribution in [-0.4, -0.2) is 47.4 Å². The summed E-state index contributed by atoms with van der Waals surface area (Å²) in [6, 6.07) is 6.35. The molecule has 2 heterocycles. The summed E-state index contributed by atoms with van der Waals surface area (Å²) in [5.74, 6) is 0.266. The number of nitrogens with one attached hydrogen (secondary N) is 1. The number of ether oxygens (including phenoxy) is 3. The van der Waals surface area contributed by atoms with Gasteiger partial charge < -0.3 is 19.5 Å². The van der Waals surface area contributed by atoms with E-state index in [4.69, 9.17) is 26.4 Å². The van der Waals surface area contributed by atoms with Gasteiger partial charge in [0.1, 0.15) is 12.4 Å². The first-order valence-corrected chi connectivity index (χ1v) is 7.86. The van der Waals surface area contributed by atoms with E-state index < -0.39 is 29.7 Å². The van der Waals surface area contributed by atoms with Gasteiger partial charge in [0.25, 0.3) is 11.1 Å². The van der Waals surface area contributed by atoms with Gasteiger partial charge >= 0.3 is 6.09 Å². The van der Waals surface area contributed by atoms with Crippen LogP contribution < -0.4 is 10.1 Å². The van der Waals surface area contributed by atoms with Crippen LogP contribution in [-0.2, 0) is 14.3 Å². The summed E-state index contributed by atoms with van der Waals surface area (Å²) in [5, 5.41) is 2.97. The monoisotopic (exact) mass is 350 g/mol. The van der Waals surface area contributed by atoms with Gasteiger partial charge in [-0.25, -0.2) is 9.69 Å². The lowest BCUT2D eigenvalue weighted by molar-refractivity contribution is -0.134. The van der Waals surface area contributed by atoms with Crippen molar-refractivity contribution in [3.05, 3.63) is 29.8 Å². The highest BCUT2D eigenvalue weighted by Gasteiger charge is 2.50. The van der Waals surface area contributed by atoms with Crippen molar-refractivity contribution in [2.75, 3.05) is 13.7 Å². The van der Waals surface area contributed by atoms with Crippen LogP contribution in [0.2, 0.25) is 0 Å². The number of thiocarbonyl (C=S) groups is 1. The zero-order valence-electron chi connectivity index (χ0n) is 13.6. The zero-order chi connectivity index (χ0) is 17.5. The Bertz CT molecular complexity index is 688. The molecule has 2 aliphatic rings. The Morgan fingerprint density at radius 1 is 1.38 bits per heavy atom. The number of methoxy groups -OCH3 is 1. The molecule has 1 aromatic carbocycles. The minimum Gasteiger partial charge on any atom is -0.497 e. The van der Waals surface area contributed by atoms with Crippen LogP contribution in [0.3, 0.4) is 0 Å². The molecule has 0 bridgehead atoms. The Kier molecular flexibility index (Phi) is 4.08. The number of hydrogen-bond acceptors (Lipinski definition) is 6. The lowest BCUT2D eigenvalue weighted by Gasteiger charge is -2.29. The van der Waals surface area contributed by atoms with Crippen LogP contribution >= 0.6 is 12.2 Å². The fourth-order valence-corrected chi connectivity index (χ4v) is 3.04. The maximum Gasteiger partial charge on any atom is 0.417 e. The predicted molar refractivity (Wildman–Crippen MR) is 88.6 cm³/mol. The largest absolute Gasteiger partial charge is 0.497 e. The summed E-state index contributed by atoms with van der Waals surface area (Å²) in [6.07, 6.45) is -1.28. The van der Waals surface area contributed by atoms with Crippen molar-refractivity contribution in [2.24, 2.45) is 0 Å². The first-order valence-electron chi connectivity index (χ1n) is 7.45. The van der Waals surface area contributed by atoms with E-state index in [9.17, 15) is 9.59 Å². The van der Waals surface area contributed by atoms with E-state index in [1.807, 2.05) is 0 Å². The lowest BCUT2D eigenvalue weighted by Crippen LogP contribution is -2.53. The summed E-state index contributed by atoms with van der Waals surface area (Å²) in [7, 11) is 1.57. The molecule has 24 heavy (non-hydrogen) atoms. The third-order valence-corrected chi connectivity index (χ3v) is 4.29. The number of imide groups is 1. The molecule has 0 spiro atoms. The summed E-state index contributed by atoms with van der Waals surface area (Å²) >= 11 is 5.06. The van der Waals surface area contributed by atoms with Crippen molar-refractivity contribution >= 4 is 29.4 Å². The Morgan fingerprint density at radius 2 is 2.04 bits per heavy atom. The molecular formula is C16H18N2O5S. The highest BCUT2D eigenvalue weighted by molar-refractivity contribution is 7.80. The van der Waals surface area contributed by atoms with Crippen LogP contribution in [0.15, 0.2) is 24.3 Å². The molecule has 0 saturated carbocycles. The van der Waals surface area contributed by atoms with Gasteiger partial charge in [-0.05, 0) is 43.8 Å². The molecule has 0 radical (unpaired) electrons. The van der Waals surface area contributed by atoms with Gasteiger partial charge in [0.2, 0.25) is 0 Å². The maximum atomic E-state index is 12.9. The van der Waals surface area contributed by atoms with Crippen molar-refractivity contribution < 1.29 is 23.8 Å². The van der Waals surface area contributed by atoms with Gasteiger partial charge in [-0.15, -0.1) is 0 Å². The van der Waals surface area contributed by atoms with Crippen molar-refractivity contribution in [1.82, 2.24) is 10.2 Å². The van der Waals surface area contributed by atoms with Gasteiger partial charge in [0, 0.05) is 0 Å². The van der Waals surface area contributed by atoms with Crippen LogP contribution in [0.5, 0.6) is 5.75 Å². The molecule has 1 N–H and O–H groups in total. The quantitative estimate of drug-likeness (QED) is 0.833. The second kappa shape index (κ2) is 5.94. The number of amides is 2. The summed E-state index contributed by atoms with van der Waals surface area (Å²) in [5.41, 5.74) is 0.0386. The fraction of sp³-hybridized carbons (Fsp3) is 0.438. The Labute approximate surface area is 144 Å². The summed E-state index contributed by atoms with van der Waals surface area (Å²) < 4.78 is 15.7. The molecule has 0 unspecified atom stereocenters. The van der Waals surface area contributed by atoms with Gasteiger partial charge in [-0.3, -0.25) is 4.79 Å². The number of benzene rings is 1. The van der Waals surface area contributed by atoms with E-state index in [0.717, 1.165) is 10.5 Å². The van der Waals surface area contributed by atoms with E-state index in [1.54, 1.807) is 45.2 Å². The predicted octanol–water partition coefficient (Wildman–Crippen LogP) is 1.77. The maximum absolute atomic E-state index is 12.9. The molecule has 3 rings (SSSR count). The highest BCUT2D eigenvalue weighted by atomic mass is 32.1. The van der Waals surface area contributed by atoms with Crippen molar-refractivity contribution in [2.45, 2.75) is 31.5 Å². The topological polar surface area (TPSA) is 77.1 Å². The number of hydrogen-bond donors (Lipinski definition) is 1. The molecule has 1 aromatic rings. The Balaban J connectivity index is 1.88. The van der Waals surface area contributed by atoms with Crippen molar-refractivity contribution in [3.63, 3.8) is 0 Å².